The Morgan fingerprint density at radius 1 is 0.500 bits per heavy atom. The first-order chi connectivity index (χ1) is 28.9. The maximum atomic E-state index is 6.32. The summed E-state index contributed by atoms with van der Waals surface area (Å²) in [5.74, 6) is 1.10. The van der Waals surface area contributed by atoms with Crippen LogP contribution in [0, 0.1) is 0 Å². The number of rotatable bonds is 5. The summed E-state index contributed by atoms with van der Waals surface area (Å²) in [6.45, 7) is 12.3. The van der Waals surface area contributed by atoms with E-state index >= 15 is 0 Å². The van der Waals surface area contributed by atoms with Crippen LogP contribution in [-0.2, 0) is 0 Å². The highest BCUT2D eigenvalue weighted by Crippen LogP contribution is 2.43. The highest BCUT2D eigenvalue weighted by atomic mass is 16.5. The van der Waals surface area contributed by atoms with Gasteiger partial charge in [-0.1, -0.05) is 54.6 Å². The minimum atomic E-state index is -0.696. The summed E-state index contributed by atoms with van der Waals surface area (Å²) in [7, 11) is 0. The summed E-state index contributed by atoms with van der Waals surface area (Å²) >= 11 is 0. The maximum absolute atomic E-state index is 6.32. The van der Waals surface area contributed by atoms with Crippen LogP contribution in [0.15, 0.2) is 162 Å². The van der Waals surface area contributed by atoms with Gasteiger partial charge in [0.25, 0.3) is 0 Å². The van der Waals surface area contributed by atoms with Crippen molar-refractivity contribution >= 4 is 39.0 Å². The van der Waals surface area contributed by atoms with E-state index in [1.54, 1.807) is 0 Å². The molecule has 12 rings (SSSR count). The van der Waals surface area contributed by atoms with Crippen molar-refractivity contribution in [2.75, 3.05) is 4.90 Å². The van der Waals surface area contributed by atoms with E-state index in [0.717, 1.165) is 99.1 Å². The van der Waals surface area contributed by atoms with Gasteiger partial charge in [0.05, 0.1) is 33.1 Å². The third kappa shape index (κ3) is 5.31. The van der Waals surface area contributed by atoms with Crippen LogP contribution in [0.2, 0.25) is 0 Å². The Labute approximate surface area is 345 Å². The van der Waals surface area contributed by atoms with Crippen LogP contribution in [0.3, 0.4) is 0 Å². The predicted molar refractivity (Wildman–Crippen MR) is 234 cm³/mol. The smallest absolute Gasteiger partial charge is 0.146 e. The molecule has 0 bridgehead atoms. The number of fused-ring (bicyclic) bond motifs is 9. The molecule has 0 N–H and O–H groups in total. The second kappa shape index (κ2) is 12.0. The molecular formula is C51H41N7O2. The molecule has 0 radical (unpaired) electrons. The second-order valence-corrected chi connectivity index (χ2v) is 17.7. The number of nitrogens with zero attached hydrogens (tertiary/aromatic N) is 7. The van der Waals surface area contributed by atoms with Crippen molar-refractivity contribution in [1.29, 1.82) is 0 Å². The van der Waals surface area contributed by atoms with Gasteiger partial charge in [-0.3, -0.25) is 30.0 Å². The van der Waals surface area contributed by atoms with Crippen LogP contribution in [0.1, 0.15) is 53.0 Å². The van der Waals surface area contributed by atoms with Gasteiger partial charge in [-0.25, -0.2) is 0 Å². The van der Waals surface area contributed by atoms with Gasteiger partial charge in [-0.15, -0.1) is 0 Å². The van der Waals surface area contributed by atoms with Gasteiger partial charge in [-0.2, -0.15) is 0 Å². The number of ether oxygens (including phenoxy) is 1. The van der Waals surface area contributed by atoms with Crippen LogP contribution in [0.4, 0.5) is 17.1 Å². The first-order valence-electron chi connectivity index (χ1n) is 20.6. The zero-order valence-electron chi connectivity index (χ0n) is 34.2. The quantitative estimate of drug-likeness (QED) is 0.176. The molecule has 9 nitrogen and oxygen atoms in total. The van der Waals surface area contributed by atoms with E-state index in [2.05, 4.69) is 136 Å². The number of para-hydroxylation sites is 2. The molecule has 0 amide bonds. The lowest BCUT2D eigenvalue weighted by Gasteiger charge is -2.26. The Hall–Kier alpha value is -7.00. The average Bonchev–Trinajstić information content (AvgIpc) is 4.02. The van der Waals surface area contributed by atoms with E-state index in [0.29, 0.717) is 0 Å². The topological polar surface area (TPSA) is 99.8 Å². The van der Waals surface area contributed by atoms with Crippen molar-refractivity contribution in [2.24, 2.45) is 30.0 Å². The van der Waals surface area contributed by atoms with E-state index in [4.69, 9.17) is 39.1 Å². The minimum Gasteiger partial charge on any atom is -0.485 e. The fourth-order valence-corrected chi connectivity index (χ4v) is 9.55. The van der Waals surface area contributed by atoms with Crippen molar-refractivity contribution < 1.29 is 9.15 Å². The minimum absolute atomic E-state index is 0.0129. The van der Waals surface area contributed by atoms with Gasteiger partial charge < -0.3 is 14.1 Å². The predicted octanol–water partition coefficient (Wildman–Crippen LogP) is 8.33. The zero-order chi connectivity index (χ0) is 40.7. The summed E-state index contributed by atoms with van der Waals surface area (Å²) < 4.78 is 12.5. The number of allylic oxidation sites excluding steroid dienone is 2. The van der Waals surface area contributed by atoms with E-state index in [9.17, 15) is 0 Å². The Balaban J connectivity index is 1.10. The van der Waals surface area contributed by atoms with E-state index in [1.165, 1.54) is 5.56 Å². The largest absolute Gasteiger partial charge is 0.485 e. The zero-order valence-corrected chi connectivity index (χ0v) is 34.2. The molecular weight excluding hydrogens is 743 g/mol. The van der Waals surface area contributed by atoms with E-state index in [-0.39, 0.29) is 12.0 Å². The van der Waals surface area contributed by atoms with Crippen molar-refractivity contribution in [1.82, 2.24) is 0 Å². The highest BCUT2D eigenvalue weighted by Gasteiger charge is 2.34. The molecule has 0 saturated heterocycles. The number of anilines is 3. The number of hydrogen-bond acceptors (Lipinski definition) is 9. The molecule has 60 heavy (non-hydrogen) atoms. The Bertz CT molecular complexity index is 3540. The van der Waals surface area contributed by atoms with Crippen LogP contribution in [0.5, 0.6) is 5.75 Å². The molecule has 7 aromatic rings. The first kappa shape index (κ1) is 35.0. The van der Waals surface area contributed by atoms with Gasteiger partial charge in [0.1, 0.15) is 56.1 Å². The normalized spacial score (nSPS) is 20.0. The molecule has 0 saturated carbocycles. The van der Waals surface area contributed by atoms with Gasteiger partial charge in [-0.05, 0) is 125 Å². The van der Waals surface area contributed by atoms with Crippen LogP contribution in [0.25, 0.3) is 44.2 Å². The van der Waals surface area contributed by atoms with Crippen LogP contribution >= 0.6 is 0 Å². The molecule has 1 aliphatic carbocycles. The van der Waals surface area contributed by atoms with E-state index in [1.807, 2.05) is 38.1 Å². The number of hydrogen-bond donors (Lipinski definition) is 0. The number of furan rings is 1. The molecule has 5 heterocycles. The monoisotopic (exact) mass is 783 g/mol. The number of benzene rings is 6. The Morgan fingerprint density at radius 2 is 1.10 bits per heavy atom. The Morgan fingerprint density at radius 3 is 1.85 bits per heavy atom. The van der Waals surface area contributed by atoms with Crippen LogP contribution < -0.4 is 41.8 Å². The summed E-state index contributed by atoms with van der Waals surface area (Å²) in [4.78, 5) is 33.8. The van der Waals surface area contributed by atoms with E-state index < -0.39 is 17.0 Å². The average molecular weight is 784 g/mol. The lowest BCUT2D eigenvalue weighted by Crippen LogP contribution is -2.38. The van der Waals surface area contributed by atoms with Gasteiger partial charge in [0.15, 0.2) is 0 Å². The summed E-state index contributed by atoms with van der Waals surface area (Å²) in [6.07, 6.45) is 8.54. The molecule has 292 valence electrons. The highest BCUT2D eigenvalue weighted by molar-refractivity contribution is 6.06. The molecule has 5 aliphatic rings. The molecule has 0 spiro atoms. The summed E-state index contributed by atoms with van der Waals surface area (Å²) in [6, 6.07) is 36.0. The van der Waals surface area contributed by atoms with Crippen molar-refractivity contribution in [2.45, 2.75) is 70.6 Å². The van der Waals surface area contributed by atoms with Crippen molar-refractivity contribution in [3.8, 4) is 28.0 Å². The van der Waals surface area contributed by atoms with Crippen molar-refractivity contribution in [3.63, 3.8) is 0 Å². The Kier molecular flexibility index (Phi) is 7.02. The second-order valence-electron chi connectivity index (χ2n) is 17.7. The molecule has 1 aromatic heterocycles. The van der Waals surface area contributed by atoms with Gasteiger partial charge >= 0.3 is 0 Å². The fraction of sp³-hybridized carbons (Fsp3) is 0.216. The molecule has 2 atom stereocenters. The lowest BCUT2D eigenvalue weighted by atomic mass is 9.90. The van der Waals surface area contributed by atoms with Crippen molar-refractivity contribution in [3.05, 3.63) is 165 Å². The molecule has 9 heteroatoms. The molecule has 6 aromatic carbocycles. The standard InChI is InChI=1S/C51H41N7O2/c1-49(2)52-36-14-11-15-37(46(36)55-49)58(38-22-20-30(44-47(38)56-50(3,4)53-44)28-18-24-42-34(26-28)32-12-7-9-16-40(32)59-42)39-23-21-31(45-48(39)57-51(5,6)54-45)29-19-25-43-35(27-29)33-13-8-10-17-41(33)60-43/h7-27,32,40H,1-6H3. The molecule has 0 fully saturated rings. The summed E-state index contributed by atoms with van der Waals surface area (Å²) in [5.41, 5.74) is 7.69. The molecule has 2 unspecified atom stereocenters. The fourth-order valence-electron chi connectivity index (χ4n) is 9.55. The maximum Gasteiger partial charge on any atom is 0.146 e. The third-order valence-electron chi connectivity index (χ3n) is 12.0. The summed E-state index contributed by atoms with van der Waals surface area (Å²) in [5, 5.41) is 7.11. The lowest BCUT2D eigenvalue weighted by molar-refractivity contribution is 0.269. The van der Waals surface area contributed by atoms with Gasteiger partial charge in [0.2, 0.25) is 0 Å². The molecule has 4 aliphatic heterocycles. The first-order valence-corrected chi connectivity index (χ1v) is 20.6. The third-order valence-corrected chi connectivity index (χ3v) is 12.0. The van der Waals surface area contributed by atoms with Crippen LogP contribution in [-0.4, -0.2) is 23.1 Å². The van der Waals surface area contributed by atoms with Gasteiger partial charge in [0, 0.05) is 33.4 Å². The SMILES string of the molecule is CC1(C)N=c2cccc(N(c3ccc(-c4ccc5c(c4)C4C=CC=CC4O5)c4c3=NC(C)(C)N=4)c3ccc(-c4ccc5oc6ccccc6c5c4)c4c3=NC(C)(C)N=4)c2=N1.